The summed E-state index contributed by atoms with van der Waals surface area (Å²) in [7, 11) is 0. The standard InChI is InChI=1S/C20H25FN2O2/c21-18-6-4-5-16(15-18)7-8-19(24)22-13-9-17(10-14-22)20(25)23-11-2-1-3-12-23/h4-8,15,17H,1-3,9-14H2/b8-7+. The molecule has 0 atom stereocenters. The molecular weight excluding hydrogens is 319 g/mol. The smallest absolute Gasteiger partial charge is 0.246 e. The van der Waals surface area contributed by atoms with Crippen molar-refractivity contribution in [3.8, 4) is 0 Å². The molecule has 2 amide bonds. The van der Waals surface area contributed by atoms with Gasteiger partial charge in [-0.25, -0.2) is 4.39 Å². The van der Waals surface area contributed by atoms with Gasteiger partial charge in [0.2, 0.25) is 11.8 Å². The lowest BCUT2D eigenvalue weighted by Crippen LogP contribution is -2.45. The van der Waals surface area contributed by atoms with Crippen LogP contribution < -0.4 is 0 Å². The van der Waals surface area contributed by atoms with Gasteiger partial charge in [-0.05, 0) is 55.9 Å². The van der Waals surface area contributed by atoms with Crippen LogP contribution in [0.2, 0.25) is 0 Å². The molecule has 4 nitrogen and oxygen atoms in total. The third-order valence-corrected chi connectivity index (χ3v) is 5.09. The van der Waals surface area contributed by atoms with Crippen LogP contribution in [0.5, 0.6) is 0 Å². The van der Waals surface area contributed by atoms with Gasteiger partial charge in [-0.3, -0.25) is 9.59 Å². The largest absolute Gasteiger partial charge is 0.342 e. The molecule has 2 saturated heterocycles. The Morgan fingerprint density at radius 2 is 1.72 bits per heavy atom. The molecule has 2 heterocycles. The molecule has 25 heavy (non-hydrogen) atoms. The van der Waals surface area contributed by atoms with Crippen molar-refractivity contribution in [2.75, 3.05) is 26.2 Å². The number of amides is 2. The Morgan fingerprint density at radius 3 is 2.40 bits per heavy atom. The molecule has 0 unspecified atom stereocenters. The van der Waals surface area contributed by atoms with Crippen molar-refractivity contribution in [2.45, 2.75) is 32.1 Å². The van der Waals surface area contributed by atoms with Crippen molar-refractivity contribution >= 4 is 17.9 Å². The van der Waals surface area contributed by atoms with Gasteiger partial charge in [0.15, 0.2) is 0 Å². The molecule has 0 bridgehead atoms. The summed E-state index contributed by atoms with van der Waals surface area (Å²) in [5.41, 5.74) is 0.670. The summed E-state index contributed by atoms with van der Waals surface area (Å²) in [6.45, 7) is 2.98. The van der Waals surface area contributed by atoms with Crippen molar-refractivity contribution in [1.29, 1.82) is 0 Å². The van der Waals surface area contributed by atoms with E-state index < -0.39 is 0 Å². The fraction of sp³-hybridized carbons (Fsp3) is 0.500. The van der Waals surface area contributed by atoms with Crippen LogP contribution >= 0.6 is 0 Å². The third kappa shape index (κ3) is 4.68. The molecule has 0 aromatic heterocycles. The van der Waals surface area contributed by atoms with Gasteiger partial charge in [0, 0.05) is 38.2 Å². The van der Waals surface area contributed by atoms with E-state index in [1.807, 2.05) is 4.90 Å². The molecule has 3 rings (SSSR count). The van der Waals surface area contributed by atoms with Crippen LogP contribution in [-0.2, 0) is 9.59 Å². The average Bonchev–Trinajstić information content (AvgIpc) is 2.66. The maximum absolute atomic E-state index is 13.2. The number of carbonyl (C=O) groups is 2. The lowest BCUT2D eigenvalue weighted by molar-refractivity contribution is -0.140. The summed E-state index contributed by atoms with van der Waals surface area (Å²) in [4.78, 5) is 28.6. The molecule has 2 aliphatic rings. The first-order valence-corrected chi connectivity index (χ1v) is 9.15. The predicted molar refractivity (Wildman–Crippen MR) is 95.2 cm³/mol. The highest BCUT2D eigenvalue weighted by Gasteiger charge is 2.30. The van der Waals surface area contributed by atoms with Crippen LogP contribution in [-0.4, -0.2) is 47.8 Å². The minimum Gasteiger partial charge on any atom is -0.342 e. The summed E-state index contributed by atoms with van der Waals surface area (Å²) in [5, 5.41) is 0. The van der Waals surface area contributed by atoms with Crippen molar-refractivity contribution in [2.24, 2.45) is 5.92 Å². The number of rotatable bonds is 3. The van der Waals surface area contributed by atoms with Crippen LogP contribution in [0.15, 0.2) is 30.3 Å². The molecule has 0 aliphatic carbocycles. The number of hydrogen-bond donors (Lipinski definition) is 0. The number of piperidine rings is 2. The lowest BCUT2D eigenvalue weighted by atomic mass is 9.94. The molecule has 1 aromatic rings. The highest BCUT2D eigenvalue weighted by molar-refractivity contribution is 5.92. The van der Waals surface area contributed by atoms with E-state index in [-0.39, 0.29) is 23.5 Å². The maximum atomic E-state index is 13.2. The number of halogens is 1. The molecule has 0 N–H and O–H groups in total. The molecule has 134 valence electrons. The Labute approximate surface area is 148 Å². The monoisotopic (exact) mass is 344 g/mol. The molecule has 0 spiro atoms. The Balaban J connectivity index is 1.49. The molecule has 1 aromatic carbocycles. The van der Waals surface area contributed by atoms with E-state index in [4.69, 9.17) is 0 Å². The first-order chi connectivity index (χ1) is 12.1. The van der Waals surface area contributed by atoms with Gasteiger partial charge < -0.3 is 9.80 Å². The van der Waals surface area contributed by atoms with E-state index in [1.54, 1.807) is 23.1 Å². The Bertz CT molecular complexity index is 645. The molecule has 0 saturated carbocycles. The number of nitrogens with zero attached hydrogens (tertiary/aromatic N) is 2. The topological polar surface area (TPSA) is 40.6 Å². The number of benzene rings is 1. The van der Waals surface area contributed by atoms with Crippen LogP contribution in [0.3, 0.4) is 0 Å². The van der Waals surface area contributed by atoms with Crippen LogP contribution in [0.25, 0.3) is 6.08 Å². The minimum absolute atomic E-state index is 0.0503. The van der Waals surface area contributed by atoms with Gasteiger partial charge in [-0.1, -0.05) is 12.1 Å². The Kier molecular flexibility index (Phi) is 5.84. The lowest BCUT2D eigenvalue weighted by Gasteiger charge is -2.35. The van der Waals surface area contributed by atoms with Gasteiger partial charge in [0.05, 0.1) is 0 Å². The van der Waals surface area contributed by atoms with E-state index >= 15 is 0 Å². The predicted octanol–water partition coefficient (Wildman–Crippen LogP) is 3.09. The molecule has 5 heteroatoms. The second kappa shape index (κ2) is 8.28. The van der Waals surface area contributed by atoms with Gasteiger partial charge in [-0.2, -0.15) is 0 Å². The van der Waals surface area contributed by atoms with Gasteiger partial charge in [0.1, 0.15) is 5.82 Å². The van der Waals surface area contributed by atoms with Crippen LogP contribution in [0, 0.1) is 11.7 Å². The van der Waals surface area contributed by atoms with Crippen molar-refractivity contribution in [3.05, 3.63) is 41.7 Å². The van der Waals surface area contributed by atoms with Crippen molar-refractivity contribution in [3.63, 3.8) is 0 Å². The fourth-order valence-corrected chi connectivity index (χ4v) is 3.60. The zero-order valence-corrected chi connectivity index (χ0v) is 14.5. The number of likely N-dealkylation sites (tertiary alicyclic amines) is 2. The first kappa shape index (κ1) is 17.6. The molecule has 2 aliphatic heterocycles. The number of hydrogen-bond acceptors (Lipinski definition) is 2. The zero-order chi connectivity index (χ0) is 17.6. The Hall–Kier alpha value is -2.17. The fourth-order valence-electron chi connectivity index (χ4n) is 3.60. The quantitative estimate of drug-likeness (QED) is 0.791. The highest BCUT2D eigenvalue weighted by Crippen LogP contribution is 2.22. The normalized spacial score (nSPS) is 19.4. The van der Waals surface area contributed by atoms with E-state index in [0.717, 1.165) is 38.8 Å². The summed E-state index contributed by atoms with van der Waals surface area (Å²) < 4.78 is 13.2. The summed E-state index contributed by atoms with van der Waals surface area (Å²) in [6, 6.07) is 6.16. The van der Waals surface area contributed by atoms with Crippen molar-refractivity contribution < 1.29 is 14.0 Å². The first-order valence-electron chi connectivity index (χ1n) is 9.15. The van der Waals surface area contributed by atoms with Gasteiger partial charge in [-0.15, -0.1) is 0 Å². The van der Waals surface area contributed by atoms with E-state index in [0.29, 0.717) is 18.7 Å². The van der Waals surface area contributed by atoms with Gasteiger partial charge >= 0.3 is 0 Å². The summed E-state index contributed by atoms with van der Waals surface area (Å²) in [6.07, 6.45) is 8.01. The second-order valence-corrected chi connectivity index (χ2v) is 6.87. The second-order valence-electron chi connectivity index (χ2n) is 6.87. The van der Waals surface area contributed by atoms with E-state index in [2.05, 4.69) is 0 Å². The average molecular weight is 344 g/mol. The minimum atomic E-state index is -0.313. The molecule has 2 fully saturated rings. The number of carbonyl (C=O) groups excluding carboxylic acids is 2. The highest BCUT2D eigenvalue weighted by atomic mass is 19.1. The molecule has 0 radical (unpaired) electrons. The third-order valence-electron chi connectivity index (χ3n) is 5.09. The van der Waals surface area contributed by atoms with Gasteiger partial charge in [0.25, 0.3) is 0 Å². The summed E-state index contributed by atoms with van der Waals surface area (Å²) >= 11 is 0. The van der Waals surface area contributed by atoms with E-state index in [1.165, 1.54) is 24.6 Å². The summed E-state index contributed by atoms with van der Waals surface area (Å²) in [5.74, 6) is -0.0729. The SMILES string of the molecule is O=C(/C=C/c1cccc(F)c1)N1CCC(C(=O)N2CCCCC2)CC1. The zero-order valence-electron chi connectivity index (χ0n) is 14.5. The van der Waals surface area contributed by atoms with Crippen LogP contribution in [0.1, 0.15) is 37.7 Å². The molecular formula is C20H25FN2O2. The van der Waals surface area contributed by atoms with Crippen molar-refractivity contribution in [1.82, 2.24) is 9.80 Å². The Morgan fingerprint density at radius 1 is 1.00 bits per heavy atom. The van der Waals surface area contributed by atoms with E-state index in [9.17, 15) is 14.0 Å². The van der Waals surface area contributed by atoms with Crippen LogP contribution in [0.4, 0.5) is 4.39 Å². The maximum Gasteiger partial charge on any atom is 0.246 e.